The Balaban J connectivity index is 1.89. The lowest BCUT2D eigenvalue weighted by Gasteiger charge is -2.20. The third-order valence-electron chi connectivity index (χ3n) is 3.82. The highest BCUT2D eigenvalue weighted by atomic mass is 79.9. The van der Waals surface area contributed by atoms with Crippen molar-refractivity contribution < 1.29 is 19.1 Å². The minimum Gasteiger partial charge on any atom is -0.496 e. The molecule has 0 spiro atoms. The van der Waals surface area contributed by atoms with E-state index in [-0.39, 0.29) is 12.0 Å². The van der Waals surface area contributed by atoms with Crippen molar-refractivity contribution in [3.8, 4) is 11.5 Å². The van der Waals surface area contributed by atoms with Gasteiger partial charge in [0.15, 0.2) is 6.61 Å². The molecule has 2 rings (SSSR count). The first kappa shape index (κ1) is 20.8. The summed E-state index contributed by atoms with van der Waals surface area (Å²) in [7, 11) is 1.47. The standard InChI is InChI=1S/C20H23BrN2O4/c1-20(2,3)13-9-10-17(15(21)11-13)27-12-18(24)22-23-19(25)14-7-5-6-8-16(14)26-4/h5-11H,12H2,1-4H3,(H,22,24)(H,23,25). The maximum atomic E-state index is 12.1. The van der Waals surface area contributed by atoms with Gasteiger partial charge in [-0.15, -0.1) is 0 Å². The molecule has 7 heteroatoms. The summed E-state index contributed by atoms with van der Waals surface area (Å²) in [6, 6.07) is 12.5. The van der Waals surface area contributed by atoms with Crippen LogP contribution in [-0.2, 0) is 10.2 Å². The van der Waals surface area contributed by atoms with Crippen molar-refractivity contribution in [2.24, 2.45) is 0 Å². The number of nitrogens with one attached hydrogen (secondary N) is 2. The maximum absolute atomic E-state index is 12.1. The number of ether oxygens (including phenoxy) is 2. The average molecular weight is 435 g/mol. The number of hydrogen-bond donors (Lipinski definition) is 2. The lowest BCUT2D eigenvalue weighted by Crippen LogP contribution is -2.43. The van der Waals surface area contributed by atoms with Gasteiger partial charge in [-0.3, -0.25) is 20.4 Å². The Morgan fingerprint density at radius 1 is 1.04 bits per heavy atom. The second-order valence-corrected chi connectivity index (χ2v) is 7.74. The molecule has 2 N–H and O–H groups in total. The van der Waals surface area contributed by atoms with Gasteiger partial charge in [-0.25, -0.2) is 0 Å². The van der Waals surface area contributed by atoms with Crippen LogP contribution in [0.3, 0.4) is 0 Å². The molecule has 0 unspecified atom stereocenters. The quantitative estimate of drug-likeness (QED) is 0.704. The Morgan fingerprint density at radius 3 is 2.37 bits per heavy atom. The van der Waals surface area contributed by atoms with E-state index in [0.29, 0.717) is 17.1 Å². The normalized spacial score (nSPS) is 10.9. The molecule has 0 aromatic heterocycles. The summed E-state index contributed by atoms with van der Waals surface area (Å²) in [5.74, 6) is 0.0131. The molecule has 6 nitrogen and oxygen atoms in total. The molecular formula is C20H23BrN2O4. The van der Waals surface area contributed by atoms with Crippen LogP contribution in [0.15, 0.2) is 46.9 Å². The van der Waals surface area contributed by atoms with E-state index in [9.17, 15) is 9.59 Å². The summed E-state index contributed by atoms with van der Waals surface area (Å²) in [5.41, 5.74) is 6.15. The zero-order valence-corrected chi connectivity index (χ0v) is 17.3. The minimum atomic E-state index is -0.481. The molecule has 0 heterocycles. The number of amides is 2. The summed E-state index contributed by atoms with van der Waals surface area (Å²) in [6.45, 7) is 6.12. The van der Waals surface area contributed by atoms with Gasteiger partial charge in [0, 0.05) is 0 Å². The number of methoxy groups -OCH3 is 1. The van der Waals surface area contributed by atoms with Gasteiger partial charge in [-0.1, -0.05) is 39.0 Å². The Labute approximate surface area is 167 Å². The Hall–Kier alpha value is -2.54. The minimum absolute atomic E-state index is 0.0151. The molecule has 144 valence electrons. The Morgan fingerprint density at radius 2 is 1.74 bits per heavy atom. The number of carbonyl (C=O) groups excluding carboxylic acids is 2. The van der Waals surface area contributed by atoms with Gasteiger partial charge in [-0.05, 0) is 51.2 Å². The molecule has 2 aromatic carbocycles. The summed E-state index contributed by atoms with van der Waals surface area (Å²) in [6.07, 6.45) is 0. The fourth-order valence-corrected chi connectivity index (χ4v) is 2.78. The predicted molar refractivity (Wildman–Crippen MR) is 107 cm³/mol. The van der Waals surface area contributed by atoms with E-state index in [2.05, 4.69) is 47.6 Å². The third kappa shape index (κ3) is 5.72. The van der Waals surface area contributed by atoms with Crippen molar-refractivity contribution >= 4 is 27.7 Å². The van der Waals surface area contributed by atoms with Crippen LogP contribution in [-0.4, -0.2) is 25.5 Å². The zero-order chi connectivity index (χ0) is 20.0. The number of halogens is 1. The summed E-state index contributed by atoms with van der Waals surface area (Å²) in [4.78, 5) is 24.1. The molecule has 0 atom stereocenters. The van der Waals surface area contributed by atoms with Gasteiger partial charge in [0.1, 0.15) is 11.5 Å². The number of hydrogen-bond acceptors (Lipinski definition) is 4. The second kappa shape index (κ2) is 8.90. The van der Waals surface area contributed by atoms with Crippen LogP contribution < -0.4 is 20.3 Å². The Bertz CT molecular complexity index is 831. The van der Waals surface area contributed by atoms with Gasteiger partial charge >= 0.3 is 0 Å². The zero-order valence-electron chi connectivity index (χ0n) is 15.8. The molecule has 0 aliphatic carbocycles. The topological polar surface area (TPSA) is 76.7 Å². The molecule has 0 bridgehead atoms. The van der Waals surface area contributed by atoms with E-state index in [0.717, 1.165) is 10.0 Å². The van der Waals surface area contributed by atoms with Crippen molar-refractivity contribution in [1.29, 1.82) is 0 Å². The molecule has 27 heavy (non-hydrogen) atoms. The highest BCUT2D eigenvalue weighted by Gasteiger charge is 2.16. The van der Waals surface area contributed by atoms with Crippen molar-refractivity contribution in [2.45, 2.75) is 26.2 Å². The molecule has 0 radical (unpaired) electrons. The summed E-state index contributed by atoms with van der Waals surface area (Å²) in [5, 5.41) is 0. The van der Waals surface area contributed by atoms with E-state index >= 15 is 0 Å². The molecule has 0 saturated carbocycles. The number of hydrazine groups is 1. The van der Waals surface area contributed by atoms with Crippen LogP contribution in [0.1, 0.15) is 36.7 Å². The summed E-state index contributed by atoms with van der Waals surface area (Å²) >= 11 is 3.46. The van der Waals surface area contributed by atoms with Crippen LogP contribution in [0.25, 0.3) is 0 Å². The molecule has 2 amide bonds. The highest BCUT2D eigenvalue weighted by molar-refractivity contribution is 9.10. The molecular weight excluding hydrogens is 412 g/mol. The molecule has 2 aromatic rings. The maximum Gasteiger partial charge on any atom is 0.276 e. The smallest absolute Gasteiger partial charge is 0.276 e. The number of rotatable bonds is 5. The fraction of sp³-hybridized carbons (Fsp3) is 0.300. The van der Waals surface area contributed by atoms with Crippen molar-refractivity contribution in [2.75, 3.05) is 13.7 Å². The van der Waals surface area contributed by atoms with Crippen molar-refractivity contribution in [3.63, 3.8) is 0 Å². The molecule has 0 aliphatic rings. The molecule has 0 saturated heterocycles. The largest absolute Gasteiger partial charge is 0.496 e. The fourth-order valence-electron chi connectivity index (χ4n) is 2.29. The molecule has 0 aliphatic heterocycles. The average Bonchev–Trinajstić information content (AvgIpc) is 2.64. The SMILES string of the molecule is COc1ccccc1C(=O)NNC(=O)COc1ccc(C(C)(C)C)cc1Br. The predicted octanol–water partition coefficient (Wildman–Crippen LogP) is 3.60. The number of para-hydroxylation sites is 1. The Kier molecular flexibility index (Phi) is 6.85. The van der Waals surface area contributed by atoms with Crippen LogP contribution >= 0.6 is 15.9 Å². The lowest BCUT2D eigenvalue weighted by molar-refractivity contribution is -0.123. The van der Waals surface area contributed by atoms with E-state index in [4.69, 9.17) is 9.47 Å². The van der Waals surface area contributed by atoms with E-state index in [1.54, 1.807) is 24.3 Å². The van der Waals surface area contributed by atoms with E-state index in [1.807, 2.05) is 18.2 Å². The highest BCUT2D eigenvalue weighted by Crippen LogP contribution is 2.31. The van der Waals surface area contributed by atoms with Gasteiger partial charge in [0.05, 0.1) is 17.1 Å². The molecule has 0 fully saturated rings. The second-order valence-electron chi connectivity index (χ2n) is 6.89. The number of carbonyl (C=O) groups is 2. The van der Waals surface area contributed by atoms with Gasteiger partial charge in [0.25, 0.3) is 11.8 Å². The number of benzene rings is 2. The van der Waals surface area contributed by atoms with Crippen LogP contribution in [0.4, 0.5) is 0 Å². The van der Waals surface area contributed by atoms with Crippen molar-refractivity contribution in [1.82, 2.24) is 10.9 Å². The van der Waals surface area contributed by atoms with Crippen molar-refractivity contribution in [3.05, 3.63) is 58.1 Å². The first-order chi connectivity index (χ1) is 12.7. The van der Waals surface area contributed by atoms with Gasteiger partial charge < -0.3 is 9.47 Å². The van der Waals surface area contributed by atoms with Crippen LogP contribution in [0.2, 0.25) is 0 Å². The monoisotopic (exact) mass is 434 g/mol. The van der Waals surface area contributed by atoms with E-state index < -0.39 is 11.8 Å². The van der Waals surface area contributed by atoms with Gasteiger partial charge in [0.2, 0.25) is 0 Å². The van der Waals surface area contributed by atoms with Crippen LogP contribution in [0.5, 0.6) is 11.5 Å². The third-order valence-corrected chi connectivity index (χ3v) is 4.44. The van der Waals surface area contributed by atoms with Crippen LogP contribution in [0, 0.1) is 0 Å². The summed E-state index contributed by atoms with van der Waals surface area (Å²) < 4.78 is 11.4. The van der Waals surface area contributed by atoms with E-state index in [1.165, 1.54) is 7.11 Å². The first-order valence-electron chi connectivity index (χ1n) is 8.37. The first-order valence-corrected chi connectivity index (χ1v) is 9.16. The van der Waals surface area contributed by atoms with Gasteiger partial charge in [-0.2, -0.15) is 0 Å². The lowest BCUT2D eigenvalue weighted by atomic mass is 9.87.